The number of rotatable bonds is 7. The largest absolute Gasteiger partial charge is 0.494 e. The van der Waals surface area contributed by atoms with Crippen molar-refractivity contribution in [3.05, 3.63) is 24.3 Å². The summed E-state index contributed by atoms with van der Waals surface area (Å²) < 4.78 is 38.0. The van der Waals surface area contributed by atoms with Gasteiger partial charge in [0.15, 0.2) is 0 Å². The van der Waals surface area contributed by atoms with Gasteiger partial charge in [0, 0.05) is 7.11 Å². The highest BCUT2D eigenvalue weighted by Crippen LogP contribution is 2.17. The molecule has 0 unspecified atom stereocenters. The van der Waals surface area contributed by atoms with E-state index in [4.69, 9.17) is 13.7 Å². The lowest BCUT2D eigenvalue weighted by Gasteiger charge is -2.06. The van der Waals surface area contributed by atoms with Gasteiger partial charge in [0.2, 0.25) is 0 Å². The topological polar surface area (TPSA) is 61.8 Å². The molecule has 0 aliphatic carbocycles. The molecule has 0 atom stereocenters. The third kappa shape index (κ3) is 4.33. The number of hydrogen-bond acceptors (Lipinski definition) is 5. The van der Waals surface area contributed by atoms with Crippen LogP contribution < -0.4 is 4.74 Å². The zero-order valence-corrected chi connectivity index (χ0v) is 10.7. The Morgan fingerprint density at radius 2 is 1.76 bits per heavy atom. The van der Waals surface area contributed by atoms with E-state index in [1.807, 2.05) is 6.92 Å². The van der Waals surface area contributed by atoms with Crippen molar-refractivity contribution >= 4 is 10.1 Å². The summed E-state index contributed by atoms with van der Waals surface area (Å²) in [6.45, 7) is 2.64. The smallest absolute Gasteiger partial charge is 0.297 e. The maximum absolute atomic E-state index is 11.7. The van der Waals surface area contributed by atoms with Crippen LogP contribution in [-0.4, -0.2) is 35.3 Å². The average Bonchev–Trinajstić information content (AvgIpc) is 2.30. The van der Waals surface area contributed by atoms with Gasteiger partial charge in [0.25, 0.3) is 10.1 Å². The molecule has 0 amide bonds. The minimum Gasteiger partial charge on any atom is -0.494 e. The quantitative estimate of drug-likeness (QED) is 0.548. The second kappa shape index (κ2) is 6.58. The molecule has 0 radical (unpaired) electrons. The molecule has 0 saturated carbocycles. The van der Waals surface area contributed by atoms with Crippen molar-refractivity contribution in [1.29, 1.82) is 0 Å². The highest BCUT2D eigenvalue weighted by molar-refractivity contribution is 7.86. The Morgan fingerprint density at radius 1 is 1.12 bits per heavy atom. The number of benzene rings is 1. The van der Waals surface area contributed by atoms with E-state index in [1.165, 1.54) is 19.2 Å². The van der Waals surface area contributed by atoms with Crippen LogP contribution >= 0.6 is 0 Å². The van der Waals surface area contributed by atoms with E-state index < -0.39 is 10.1 Å². The minimum absolute atomic E-state index is 0.00600. The molecule has 0 spiro atoms. The molecule has 0 N–H and O–H groups in total. The average molecular weight is 260 g/mol. The zero-order valence-electron chi connectivity index (χ0n) is 9.88. The molecular formula is C11H16O5S. The summed E-state index contributed by atoms with van der Waals surface area (Å²) >= 11 is 0. The molecule has 0 saturated heterocycles. The van der Waals surface area contributed by atoms with Crippen LogP contribution in [0, 0.1) is 0 Å². The maximum Gasteiger partial charge on any atom is 0.297 e. The molecule has 17 heavy (non-hydrogen) atoms. The second-order valence-corrected chi connectivity index (χ2v) is 4.79. The van der Waals surface area contributed by atoms with Crippen LogP contribution in [-0.2, 0) is 19.0 Å². The maximum atomic E-state index is 11.7. The SMILES string of the molecule is CCOc1ccc(S(=O)(=O)OCCOC)cc1. The first-order valence-corrected chi connectivity index (χ1v) is 6.62. The van der Waals surface area contributed by atoms with Gasteiger partial charge in [-0.1, -0.05) is 0 Å². The number of hydrogen-bond donors (Lipinski definition) is 0. The minimum atomic E-state index is -3.70. The molecule has 0 aliphatic rings. The van der Waals surface area contributed by atoms with Crippen LogP contribution in [0.5, 0.6) is 5.75 Å². The normalized spacial score (nSPS) is 11.4. The lowest BCUT2D eigenvalue weighted by Crippen LogP contribution is -2.10. The summed E-state index contributed by atoms with van der Waals surface area (Å²) in [6.07, 6.45) is 0. The van der Waals surface area contributed by atoms with Crippen molar-refractivity contribution in [2.45, 2.75) is 11.8 Å². The fourth-order valence-electron chi connectivity index (χ4n) is 1.16. The first kappa shape index (κ1) is 14.0. The highest BCUT2D eigenvalue weighted by Gasteiger charge is 2.14. The molecule has 6 heteroatoms. The van der Waals surface area contributed by atoms with Gasteiger partial charge in [-0.25, -0.2) is 0 Å². The summed E-state index contributed by atoms with van der Waals surface area (Å²) in [7, 11) is -2.22. The predicted octanol–water partition coefficient (Wildman–Crippen LogP) is 1.44. The molecule has 1 aromatic carbocycles. The van der Waals surface area contributed by atoms with Crippen molar-refractivity contribution in [2.75, 3.05) is 26.9 Å². The van der Waals surface area contributed by atoms with Crippen molar-refractivity contribution in [3.8, 4) is 5.75 Å². The molecule has 0 heterocycles. The van der Waals surface area contributed by atoms with Gasteiger partial charge in [-0.05, 0) is 31.2 Å². The Labute approximate surface area is 101 Å². The van der Waals surface area contributed by atoms with Crippen molar-refractivity contribution in [1.82, 2.24) is 0 Å². The third-order valence-corrected chi connectivity index (χ3v) is 3.28. The van der Waals surface area contributed by atoms with Crippen LogP contribution in [0.2, 0.25) is 0 Å². The molecule has 1 rings (SSSR count). The Hall–Kier alpha value is -1.11. The van der Waals surface area contributed by atoms with E-state index in [0.717, 1.165) is 0 Å². The van der Waals surface area contributed by atoms with Gasteiger partial charge in [0.05, 0.1) is 24.7 Å². The van der Waals surface area contributed by atoms with Gasteiger partial charge in [0.1, 0.15) is 5.75 Å². The molecule has 5 nitrogen and oxygen atoms in total. The summed E-state index contributed by atoms with van der Waals surface area (Å²) in [6, 6.07) is 6.09. The fourth-order valence-corrected chi connectivity index (χ4v) is 2.06. The molecule has 0 aliphatic heterocycles. The van der Waals surface area contributed by atoms with Crippen molar-refractivity contribution < 1.29 is 22.1 Å². The van der Waals surface area contributed by atoms with E-state index in [1.54, 1.807) is 12.1 Å². The van der Waals surface area contributed by atoms with Gasteiger partial charge < -0.3 is 9.47 Å². The van der Waals surface area contributed by atoms with Crippen LogP contribution in [0.3, 0.4) is 0 Å². The molecule has 96 valence electrons. The standard InChI is InChI=1S/C11H16O5S/c1-3-15-10-4-6-11(7-5-10)17(12,13)16-9-8-14-2/h4-7H,3,8-9H2,1-2H3. The lowest BCUT2D eigenvalue weighted by molar-refractivity contribution is 0.149. The highest BCUT2D eigenvalue weighted by atomic mass is 32.2. The first-order valence-electron chi connectivity index (χ1n) is 5.21. The Kier molecular flexibility index (Phi) is 5.40. The predicted molar refractivity (Wildman–Crippen MR) is 62.6 cm³/mol. The molecule has 1 aromatic rings. The zero-order chi connectivity index (χ0) is 12.7. The fraction of sp³-hybridized carbons (Fsp3) is 0.455. The first-order chi connectivity index (χ1) is 8.10. The monoisotopic (exact) mass is 260 g/mol. The van der Waals surface area contributed by atoms with E-state index in [0.29, 0.717) is 12.4 Å². The molecule has 0 bridgehead atoms. The van der Waals surface area contributed by atoms with Gasteiger partial charge in [-0.15, -0.1) is 0 Å². The summed E-state index contributed by atoms with van der Waals surface area (Å²) in [5.74, 6) is 0.628. The van der Waals surface area contributed by atoms with Crippen LogP contribution in [0.25, 0.3) is 0 Å². The summed E-state index contributed by atoms with van der Waals surface area (Å²) in [5.41, 5.74) is 0. The third-order valence-electron chi connectivity index (χ3n) is 1.95. The van der Waals surface area contributed by atoms with Crippen LogP contribution in [0.15, 0.2) is 29.2 Å². The van der Waals surface area contributed by atoms with Crippen LogP contribution in [0.1, 0.15) is 6.92 Å². The van der Waals surface area contributed by atoms with E-state index >= 15 is 0 Å². The van der Waals surface area contributed by atoms with E-state index in [2.05, 4.69) is 0 Å². The number of ether oxygens (including phenoxy) is 2. The molecule has 0 fully saturated rings. The molecular weight excluding hydrogens is 244 g/mol. The Balaban J connectivity index is 2.71. The molecule has 0 aromatic heterocycles. The van der Waals surface area contributed by atoms with Crippen molar-refractivity contribution in [3.63, 3.8) is 0 Å². The Bertz CT molecular complexity index is 424. The van der Waals surface area contributed by atoms with E-state index in [-0.39, 0.29) is 18.1 Å². The lowest BCUT2D eigenvalue weighted by atomic mass is 10.3. The van der Waals surface area contributed by atoms with Gasteiger partial charge in [-0.2, -0.15) is 8.42 Å². The van der Waals surface area contributed by atoms with Crippen molar-refractivity contribution in [2.24, 2.45) is 0 Å². The van der Waals surface area contributed by atoms with E-state index in [9.17, 15) is 8.42 Å². The van der Waals surface area contributed by atoms with Crippen LogP contribution in [0.4, 0.5) is 0 Å². The van der Waals surface area contributed by atoms with Gasteiger partial charge in [-0.3, -0.25) is 4.18 Å². The Morgan fingerprint density at radius 3 is 2.29 bits per heavy atom. The van der Waals surface area contributed by atoms with Gasteiger partial charge >= 0.3 is 0 Å². The summed E-state index contributed by atoms with van der Waals surface area (Å²) in [4.78, 5) is 0.108. The summed E-state index contributed by atoms with van der Waals surface area (Å²) in [5, 5.41) is 0. The number of methoxy groups -OCH3 is 1. The second-order valence-electron chi connectivity index (χ2n) is 3.17.